The molecule has 3 aromatic rings. The normalized spacial score (nSPS) is 11.0. The molecule has 0 bridgehead atoms. The highest BCUT2D eigenvalue weighted by atomic mass is 79.9. The van der Waals surface area contributed by atoms with Crippen molar-refractivity contribution in [2.24, 2.45) is 0 Å². The van der Waals surface area contributed by atoms with E-state index in [2.05, 4.69) is 45.3 Å². The van der Waals surface area contributed by atoms with Crippen LogP contribution < -0.4 is 10.1 Å². The van der Waals surface area contributed by atoms with Crippen LogP contribution in [0.25, 0.3) is 11.4 Å². The maximum atomic E-state index is 12.6. The summed E-state index contributed by atoms with van der Waals surface area (Å²) in [6.45, 7) is 6.97. The minimum absolute atomic E-state index is 0.0686. The fourth-order valence-corrected chi connectivity index (χ4v) is 4.26. The molecule has 0 fully saturated rings. The molecule has 2 aromatic carbocycles. The van der Waals surface area contributed by atoms with E-state index < -0.39 is 0 Å². The molecule has 0 saturated heterocycles. The zero-order valence-electron chi connectivity index (χ0n) is 17.5. The molecular formula is C22H25BrN4O2S. The number of halogens is 1. The van der Waals surface area contributed by atoms with E-state index in [0.717, 1.165) is 38.0 Å². The van der Waals surface area contributed by atoms with E-state index in [0.29, 0.717) is 12.5 Å². The standard InChI is InChI=1S/C22H25BrN4O2S/c1-5-27-21(15-6-9-17(29-4)10-7-15)25-26-22(27)30-13-20(28)24-19-11-8-16(23)12-18(19)14(2)3/h6-12,14H,5,13H2,1-4H3,(H,24,28). The predicted molar refractivity (Wildman–Crippen MR) is 125 cm³/mol. The third-order valence-electron chi connectivity index (χ3n) is 4.62. The summed E-state index contributed by atoms with van der Waals surface area (Å²) in [6, 6.07) is 13.6. The van der Waals surface area contributed by atoms with E-state index in [1.54, 1.807) is 7.11 Å². The molecule has 1 N–H and O–H groups in total. The SMILES string of the molecule is CCn1c(SCC(=O)Nc2ccc(Br)cc2C(C)C)nnc1-c1ccc(OC)cc1. The fourth-order valence-electron chi connectivity index (χ4n) is 3.08. The first kappa shape index (κ1) is 22.4. The maximum Gasteiger partial charge on any atom is 0.234 e. The molecule has 0 saturated carbocycles. The smallest absolute Gasteiger partial charge is 0.234 e. The summed E-state index contributed by atoms with van der Waals surface area (Å²) >= 11 is 4.88. The number of aromatic nitrogens is 3. The van der Waals surface area contributed by atoms with E-state index in [4.69, 9.17) is 4.74 Å². The number of methoxy groups -OCH3 is 1. The van der Waals surface area contributed by atoms with E-state index in [9.17, 15) is 4.79 Å². The number of nitrogens with one attached hydrogen (secondary N) is 1. The first-order chi connectivity index (χ1) is 14.4. The van der Waals surface area contributed by atoms with Crippen molar-refractivity contribution >= 4 is 39.3 Å². The van der Waals surface area contributed by atoms with Gasteiger partial charge in [0.05, 0.1) is 12.9 Å². The maximum absolute atomic E-state index is 12.6. The predicted octanol–water partition coefficient (Wildman–Crippen LogP) is 5.59. The highest BCUT2D eigenvalue weighted by Crippen LogP contribution is 2.29. The van der Waals surface area contributed by atoms with Crippen molar-refractivity contribution in [2.45, 2.75) is 38.4 Å². The lowest BCUT2D eigenvalue weighted by Crippen LogP contribution is -2.16. The zero-order valence-corrected chi connectivity index (χ0v) is 19.9. The number of benzene rings is 2. The van der Waals surface area contributed by atoms with E-state index in [-0.39, 0.29) is 11.7 Å². The third-order valence-corrected chi connectivity index (χ3v) is 6.08. The van der Waals surface area contributed by atoms with Gasteiger partial charge < -0.3 is 14.6 Å². The molecule has 30 heavy (non-hydrogen) atoms. The number of nitrogens with zero attached hydrogens (tertiary/aromatic N) is 3. The van der Waals surface area contributed by atoms with E-state index in [1.807, 2.05) is 54.0 Å². The fraction of sp³-hybridized carbons (Fsp3) is 0.318. The van der Waals surface area contributed by atoms with Gasteiger partial charge in [-0.3, -0.25) is 4.79 Å². The van der Waals surface area contributed by atoms with Crippen LogP contribution in [0, 0.1) is 0 Å². The Morgan fingerprint density at radius 2 is 1.93 bits per heavy atom. The van der Waals surface area contributed by atoms with Gasteiger partial charge in [0.2, 0.25) is 5.91 Å². The lowest BCUT2D eigenvalue weighted by atomic mass is 10.0. The minimum atomic E-state index is -0.0686. The van der Waals surface area contributed by atoms with Gasteiger partial charge in [0, 0.05) is 22.3 Å². The molecule has 0 aliphatic carbocycles. The Labute approximate surface area is 189 Å². The summed E-state index contributed by atoms with van der Waals surface area (Å²) in [4.78, 5) is 12.6. The molecule has 8 heteroatoms. The number of carbonyl (C=O) groups excluding carboxylic acids is 1. The van der Waals surface area contributed by atoms with Crippen LogP contribution in [0.5, 0.6) is 5.75 Å². The number of rotatable bonds is 8. The monoisotopic (exact) mass is 488 g/mol. The van der Waals surface area contributed by atoms with Crippen LogP contribution in [0.15, 0.2) is 52.1 Å². The van der Waals surface area contributed by atoms with Crippen molar-refractivity contribution in [3.8, 4) is 17.1 Å². The summed E-state index contributed by atoms with van der Waals surface area (Å²) in [7, 11) is 1.64. The van der Waals surface area contributed by atoms with Crippen LogP contribution in [-0.2, 0) is 11.3 Å². The van der Waals surface area contributed by atoms with Gasteiger partial charge in [0.15, 0.2) is 11.0 Å². The highest BCUT2D eigenvalue weighted by Gasteiger charge is 2.16. The number of hydrogen-bond acceptors (Lipinski definition) is 5. The number of thioether (sulfide) groups is 1. The van der Waals surface area contributed by atoms with Crippen molar-refractivity contribution in [1.82, 2.24) is 14.8 Å². The van der Waals surface area contributed by atoms with Crippen molar-refractivity contribution in [3.63, 3.8) is 0 Å². The van der Waals surface area contributed by atoms with Crippen molar-refractivity contribution in [2.75, 3.05) is 18.2 Å². The van der Waals surface area contributed by atoms with Crippen LogP contribution in [-0.4, -0.2) is 33.5 Å². The van der Waals surface area contributed by atoms with Crippen LogP contribution in [0.4, 0.5) is 5.69 Å². The lowest BCUT2D eigenvalue weighted by molar-refractivity contribution is -0.113. The van der Waals surface area contributed by atoms with E-state index in [1.165, 1.54) is 11.8 Å². The molecule has 3 rings (SSSR count). The molecule has 158 valence electrons. The number of amides is 1. The average Bonchev–Trinajstić information content (AvgIpc) is 3.16. The summed E-state index contributed by atoms with van der Waals surface area (Å²) < 4.78 is 8.23. The van der Waals surface area contributed by atoms with Gasteiger partial charge in [-0.15, -0.1) is 10.2 Å². The van der Waals surface area contributed by atoms with Crippen molar-refractivity contribution in [1.29, 1.82) is 0 Å². The van der Waals surface area contributed by atoms with Crippen LogP contribution in [0.3, 0.4) is 0 Å². The first-order valence-electron chi connectivity index (χ1n) is 9.72. The van der Waals surface area contributed by atoms with Gasteiger partial charge >= 0.3 is 0 Å². The van der Waals surface area contributed by atoms with E-state index >= 15 is 0 Å². The van der Waals surface area contributed by atoms with Gasteiger partial charge in [-0.25, -0.2) is 0 Å². The molecule has 0 atom stereocenters. The van der Waals surface area contributed by atoms with Crippen LogP contribution in [0.2, 0.25) is 0 Å². The molecule has 1 aromatic heterocycles. The van der Waals surface area contributed by atoms with Gasteiger partial charge in [-0.1, -0.05) is 41.5 Å². The lowest BCUT2D eigenvalue weighted by Gasteiger charge is -2.14. The minimum Gasteiger partial charge on any atom is -0.497 e. The highest BCUT2D eigenvalue weighted by molar-refractivity contribution is 9.10. The average molecular weight is 489 g/mol. The summed E-state index contributed by atoms with van der Waals surface area (Å²) in [5.74, 6) is 2.06. The zero-order chi connectivity index (χ0) is 21.7. The van der Waals surface area contributed by atoms with Crippen LogP contribution >= 0.6 is 27.7 Å². The van der Waals surface area contributed by atoms with Crippen LogP contribution in [0.1, 0.15) is 32.3 Å². The molecule has 0 unspecified atom stereocenters. The molecule has 0 spiro atoms. The molecule has 1 amide bonds. The number of carbonyl (C=O) groups is 1. The molecule has 0 radical (unpaired) electrons. The van der Waals surface area contributed by atoms with Crippen molar-refractivity contribution < 1.29 is 9.53 Å². The second-order valence-corrected chi connectivity index (χ2v) is 8.86. The van der Waals surface area contributed by atoms with Gasteiger partial charge in [-0.05, 0) is 60.9 Å². The van der Waals surface area contributed by atoms with Gasteiger partial charge in [0.25, 0.3) is 0 Å². The molecule has 6 nitrogen and oxygen atoms in total. The summed E-state index contributed by atoms with van der Waals surface area (Å²) in [6.07, 6.45) is 0. The quantitative estimate of drug-likeness (QED) is 0.418. The number of ether oxygens (including phenoxy) is 1. The number of anilines is 1. The molecular weight excluding hydrogens is 464 g/mol. The summed E-state index contributed by atoms with van der Waals surface area (Å²) in [5.41, 5.74) is 2.90. The first-order valence-corrected chi connectivity index (χ1v) is 11.5. The Kier molecular flexibility index (Phi) is 7.55. The number of hydrogen-bond donors (Lipinski definition) is 1. The summed E-state index contributed by atoms with van der Waals surface area (Å²) in [5, 5.41) is 12.4. The largest absolute Gasteiger partial charge is 0.497 e. The van der Waals surface area contributed by atoms with Gasteiger partial charge in [0.1, 0.15) is 5.75 Å². The Hall–Kier alpha value is -2.32. The second-order valence-electron chi connectivity index (χ2n) is 7.00. The molecule has 0 aliphatic heterocycles. The Morgan fingerprint density at radius 1 is 1.20 bits per heavy atom. The second kappa shape index (κ2) is 10.1. The van der Waals surface area contributed by atoms with Crippen molar-refractivity contribution in [3.05, 3.63) is 52.5 Å². The Bertz CT molecular complexity index is 1020. The Balaban J connectivity index is 1.70. The Morgan fingerprint density at radius 3 is 2.57 bits per heavy atom. The third kappa shape index (κ3) is 5.23. The topological polar surface area (TPSA) is 69.0 Å². The van der Waals surface area contributed by atoms with Gasteiger partial charge in [-0.2, -0.15) is 0 Å². The molecule has 1 heterocycles. The molecule has 0 aliphatic rings.